The first-order chi connectivity index (χ1) is 8.34. The zero-order valence-electron chi connectivity index (χ0n) is 8.83. The van der Waals surface area contributed by atoms with Crippen molar-refractivity contribution in [3.05, 3.63) is 43.1 Å². The molecule has 7 nitrogen and oxygen atoms in total. The lowest BCUT2D eigenvalue weighted by Crippen LogP contribution is -2.29. The van der Waals surface area contributed by atoms with E-state index in [1.54, 1.807) is 28.7 Å². The van der Waals surface area contributed by atoms with Crippen LogP contribution < -0.4 is 26.9 Å². The van der Waals surface area contributed by atoms with Crippen LogP contribution in [-0.4, -0.2) is 0 Å². The Labute approximate surface area is 97.5 Å². The molecule has 1 aromatic carbocycles. The van der Waals surface area contributed by atoms with E-state index in [0.29, 0.717) is 5.69 Å². The quantitative estimate of drug-likeness (QED) is 0.650. The van der Waals surface area contributed by atoms with Gasteiger partial charge in [-0.3, -0.25) is 0 Å². The Hall–Kier alpha value is -2.38. The third kappa shape index (κ3) is 1.73. The molecule has 88 valence electrons. The molecule has 3 rings (SSSR count). The molecule has 7 heteroatoms. The second kappa shape index (κ2) is 3.89. The van der Waals surface area contributed by atoms with Gasteiger partial charge in [0.05, 0.1) is 29.5 Å². The van der Waals surface area contributed by atoms with E-state index >= 15 is 0 Å². The predicted molar refractivity (Wildman–Crippen MR) is 62.5 cm³/mol. The van der Waals surface area contributed by atoms with Crippen molar-refractivity contribution in [2.45, 2.75) is 0 Å². The summed E-state index contributed by atoms with van der Waals surface area (Å²) in [6, 6.07) is 5.59. The van der Waals surface area contributed by atoms with Crippen molar-refractivity contribution in [3.63, 3.8) is 0 Å². The predicted octanol–water partition coefficient (Wildman–Crippen LogP) is 0.724. The topological polar surface area (TPSA) is 75.0 Å². The normalized spacial score (nSPS) is 17.4. The maximum atomic E-state index is 5.91. The van der Waals surface area contributed by atoms with E-state index < -0.39 is 0 Å². The van der Waals surface area contributed by atoms with Crippen LogP contribution >= 0.6 is 0 Å². The van der Waals surface area contributed by atoms with Crippen molar-refractivity contribution in [1.82, 2.24) is 11.2 Å². The van der Waals surface area contributed by atoms with Crippen LogP contribution in [-0.2, 0) is 9.68 Å². The number of hydrogen-bond donors (Lipinski definition) is 3. The molecule has 1 aromatic rings. The van der Waals surface area contributed by atoms with E-state index in [2.05, 4.69) is 11.2 Å². The Bertz CT molecular complexity index is 488. The summed E-state index contributed by atoms with van der Waals surface area (Å²) in [6.45, 7) is 0. The molecule has 0 amide bonds. The smallest absolute Gasteiger partial charge is 0.131 e. The lowest BCUT2D eigenvalue weighted by atomic mass is 10.2. The van der Waals surface area contributed by atoms with Gasteiger partial charge < -0.3 is 15.4 Å². The van der Waals surface area contributed by atoms with Crippen LogP contribution in [0.5, 0.6) is 0 Å². The molecule has 0 spiro atoms. The summed E-state index contributed by atoms with van der Waals surface area (Å²) in [5.41, 5.74) is 13.6. The molecular weight excluding hydrogens is 222 g/mol. The number of nitrogens with two attached hydrogens (primary N) is 1. The Morgan fingerprint density at radius 2 is 1.71 bits per heavy atom. The number of anilines is 3. The minimum absolute atomic E-state index is 0.639. The number of rotatable bonds is 2. The molecule has 0 bridgehead atoms. The van der Waals surface area contributed by atoms with Gasteiger partial charge in [-0.05, 0) is 18.2 Å². The summed E-state index contributed by atoms with van der Waals surface area (Å²) < 4.78 is 0. The molecule has 0 aliphatic carbocycles. The highest BCUT2D eigenvalue weighted by atomic mass is 16.7. The number of nitrogens with one attached hydrogen (secondary N) is 2. The first-order valence-corrected chi connectivity index (χ1v) is 4.98. The van der Waals surface area contributed by atoms with Crippen LogP contribution in [0, 0.1) is 0 Å². The van der Waals surface area contributed by atoms with Crippen LogP contribution in [0.2, 0.25) is 0 Å². The fourth-order valence-corrected chi connectivity index (χ4v) is 1.58. The summed E-state index contributed by atoms with van der Waals surface area (Å²) >= 11 is 0. The Balaban J connectivity index is 1.94. The Kier molecular flexibility index (Phi) is 2.25. The monoisotopic (exact) mass is 233 g/mol. The van der Waals surface area contributed by atoms with Gasteiger partial charge in [0, 0.05) is 0 Å². The summed E-state index contributed by atoms with van der Waals surface area (Å²) in [4.78, 5) is 9.81. The largest absolute Gasteiger partial charge is 0.397 e. The first-order valence-electron chi connectivity index (χ1n) is 4.98. The fraction of sp³-hybridized carbons (Fsp3) is 0. The second-order valence-corrected chi connectivity index (χ2v) is 3.47. The van der Waals surface area contributed by atoms with Gasteiger partial charge in [-0.1, -0.05) is 11.2 Å². The molecule has 2 aliphatic rings. The van der Waals surface area contributed by atoms with Gasteiger partial charge in [-0.15, -0.1) is 0 Å². The highest BCUT2D eigenvalue weighted by Gasteiger charge is 2.15. The average molecular weight is 233 g/mol. The molecular formula is C10H11N5O2. The minimum atomic E-state index is 0.639. The third-order valence-corrected chi connectivity index (χ3v) is 2.41. The van der Waals surface area contributed by atoms with Crippen LogP contribution in [0.15, 0.2) is 43.1 Å². The molecule has 0 saturated heterocycles. The molecule has 2 aliphatic heterocycles. The molecule has 0 fully saturated rings. The number of nitrogens with zero attached hydrogens (tertiary/aromatic N) is 2. The van der Waals surface area contributed by atoms with E-state index in [-0.39, 0.29) is 0 Å². The highest BCUT2D eigenvalue weighted by Crippen LogP contribution is 2.29. The van der Waals surface area contributed by atoms with E-state index in [4.69, 9.17) is 15.4 Å². The van der Waals surface area contributed by atoms with Crippen LogP contribution in [0.4, 0.5) is 17.1 Å². The molecule has 0 saturated carbocycles. The van der Waals surface area contributed by atoms with Crippen molar-refractivity contribution in [1.29, 1.82) is 0 Å². The number of nitrogen functional groups attached to an aromatic ring is 1. The van der Waals surface area contributed by atoms with Gasteiger partial charge in [-0.2, -0.15) is 0 Å². The average Bonchev–Trinajstić information content (AvgIpc) is 3.03. The summed E-state index contributed by atoms with van der Waals surface area (Å²) in [6.07, 6.45) is 6.58. The molecule has 0 radical (unpaired) electrons. The van der Waals surface area contributed by atoms with Gasteiger partial charge in [0.1, 0.15) is 12.5 Å². The van der Waals surface area contributed by atoms with E-state index in [0.717, 1.165) is 11.4 Å². The summed E-state index contributed by atoms with van der Waals surface area (Å²) in [5, 5.41) is 3.41. The van der Waals surface area contributed by atoms with Gasteiger partial charge in [0.2, 0.25) is 0 Å². The van der Waals surface area contributed by atoms with Crippen LogP contribution in [0.1, 0.15) is 0 Å². The maximum absolute atomic E-state index is 5.91. The molecule has 0 atom stereocenters. The van der Waals surface area contributed by atoms with Gasteiger partial charge in [0.15, 0.2) is 0 Å². The van der Waals surface area contributed by atoms with Crippen molar-refractivity contribution < 1.29 is 9.68 Å². The number of hydrazine groups is 2. The zero-order valence-corrected chi connectivity index (χ0v) is 8.83. The standard InChI is InChI=1S/C10H11N5O2/c11-9-2-1-8(14-3-5-16-12-14)7-10(9)15-4-6-17-13-15/h1-7,12-13H,11H2. The van der Waals surface area contributed by atoms with Crippen molar-refractivity contribution >= 4 is 17.1 Å². The number of benzene rings is 1. The summed E-state index contributed by atoms with van der Waals surface area (Å²) in [5.74, 6) is 0. The molecule has 17 heavy (non-hydrogen) atoms. The van der Waals surface area contributed by atoms with E-state index in [9.17, 15) is 0 Å². The molecule has 0 unspecified atom stereocenters. The van der Waals surface area contributed by atoms with Crippen LogP contribution in [0.25, 0.3) is 0 Å². The minimum Gasteiger partial charge on any atom is -0.397 e. The van der Waals surface area contributed by atoms with Gasteiger partial charge >= 0.3 is 0 Å². The van der Waals surface area contributed by atoms with Crippen molar-refractivity contribution in [2.75, 3.05) is 15.8 Å². The second-order valence-electron chi connectivity index (χ2n) is 3.47. The van der Waals surface area contributed by atoms with Crippen molar-refractivity contribution in [3.8, 4) is 0 Å². The lowest BCUT2D eigenvalue weighted by Gasteiger charge is -2.20. The Morgan fingerprint density at radius 3 is 2.35 bits per heavy atom. The van der Waals surface area contributed by atoms with Gasteiger partial charge in [0.25, 0.3) is 0 Å². The third-order valence-electron chi connectivity index (χ3n) is 2.41. The number of hydrogen-bond acceptors (Lipinski definition) is 7. The summed E-state index contributed by atoms with van der Waals surface area (Å²) in [7, 11) is 0. The molecule has 0 aromatic heterocycles. The molecule has 2 heterocycles. The first kappa shape index (κ1) is 9.82. The van der Waals surface area contributed by atoms with Gasteiger partial charge in [-0.25, -0.2) is 10.0 Å². The lowest BCUT2D eigenvalue weighted by molar-refractivity contribution is 0.158. The van der Waals surface area contributed by atoms with E-state index in [1.165, 1.54) is 6.26 Å². The van der Waals surface area contributed by atoms with Crippen LogP contribution in [0.3, 0.4) is 0 Å². The highest BCUT2D eigenvalue weighted by molar-refractivity contribution is 5.74. The zero-order chi connectivity index (χ0) is 11.7. The fourth-order valence-electron chi connectivity index (χ4n) is 1.58. The maximum Gasteiger partial charge on any atom is 0.131 e. The Morgan fingerprint density at radius 1 is 1.00 bits per heavy atom. The van der Waals surface area contributed by atoms with E-state index in [1.807, 2.05) is 18.2 Å². The molecule has 4 N–H and O–H groups in total. The SMILES string of the molecule is Nc1ccc(N2C=CON2)cc1N1C=CON1. The van der Waals surface area contributed by atoms with Crippen molar-refractivity contribution in [2.24, 2.45) is 0 Å².